The molecule has 76 valence electrons. The lowest BCUT2D eigenvalue weighted by atomic mass is 10.3. The van der Waals surface area contributed by atoms with Crippen molar-refractivity contribution in [3.05, 3.63) is 28.5 Å². The van der Waals surface area contributed by atoms with Crippen molar-refractivity contribution in [2.75, 3.05) is 0 Å². The van der Waals surface area contributed by atoms with Crippen molar-refractivity contribution in [3.63, 3.8) is 0 Å². The highest BCUT2D eigenvalue weighted by atomic mass is 79.9. The van der Waals surface area contributed by atoms with Crippen LogP contribution in [0.2, 0.25) is 0 Å². The predicted molar refractivity (Wildman–Crippen MR) is 61.0 cm³/mol. The lowest BCUT2D eigenvalue weighted by Crippen LogP contribution is -2.18. The van der Waals surface area contributed by atoms with Crippen LogP contribution in [0.3, 0.4) is 0 Å². The minimum Gasteiger partial charge on any atom is -0.308 e. The van der Waals surface area contributed by atoms with Crippen molar-refractivity contribution < 1.29 is 0 Å². The Morgan fingerprint density at radius 1 is 1.57 bits per heavy atom. The minimum atomic E-state index is 0.737. The lowest BCUT2D eigenvalue weighted by molar-refractivity contribution is 0.615. The molecule has 2 unspecified atom stereocenters. The van der Waals surface area contributed by atoms with E-state index < -0.39 is 0 Å². The first kappa shape index (κ1) is 10.1. The van der Waals surface area contributed by atoms with Crippen molar-refractivity contribution in [2.24, 2.45) is 5.92 Å². The Labute approximate surface area is 93.3 Å². The highest BCUT2D eigenvalue weighted by molar-refractivity contribution is 9.10. The van der Waals surface area contributed by atoms with E-state index in [1.165, 1.54) is 12.8 Å². The Hall–Kier alpha value is -0.410. The lowest BCUT2D eigenvalue weighted by Gasteiger charge is -2.03. The van der Waals surface area contributed by atoms with Gasteiger partial charge in [0.05, 0.1) is 5.69 Å². The zero-order valence-corrected chi connectivity index (χ0v) is 9.92. The summed E-state index contributed by atoms with van der Waals surface area (Å²) in [5.41, 5.74) is 1.11. The molecule has 1 heterocycles. The molecule has 0 saturated heterocycles. The Bertz CT molecular complexity index is 314. The maximum atomic E-state index is 4.38. The fourth-order valence-corrected chi connectivity index (χ4v) is 2.11. The van der Waals surface area contributed by atoms with Gasteiger partial charge in [0, 0.05) is 12.6 Å². The molecule has 1 saturated carbocycles. The number of hydrogen-bond acceptors (Lipinski definition) is 2. The van der Waals surface area contributed by atoms with Crippen LogP contribution in [0, 0.1) is 5.92 Å². The SMILES string of the molecule is CCC1CC1NCc1cccc(Br)n1. The molecule has 0 spiro atoms. The summed E-state index contributed by atoms with van der Waals surface area (Å²) in [6.45, 7) is 3.14. The molecule has 0 aliphatic heterocycles. The first-order chi connectivity index (χ1) is 6.79. The van der Waals surface area contributed by atoms with Gasteiger partial charge in [-0.05, 0) is 40.4 Å². The molecular formula is C11H15BrN2. The standard InChI is InChI=1S/C11H15BrN2/c1-2-8-6-10(8)13-7-9-4-3-5-11(12)14-9/h3-5,8,10,13H,2,6-7H2,1H3. The monoisotopic (exact) mass is 254 g/mol. The topological polar surface area (TPSA) is 24.9 Å². The summed E-state index contributed by atoms with van der Waals surface area (Å²) < 4.78 is 0.916. The fourth-order valence-electron chi connectivity index (χ4n) is 1.73. The Kier molecular flexibility index (Phi) is 3.19. The summed E-state index contributed by atoms with van der Waals surface area (Å²) in [5, 5.41) is 3.52. The Morgan fingerprint density at radius 2 is 2.43 bits per heavy atom. The van der Waals surface area contributed by atoms with Gasteiger partial charge in [-0.1, -0.05) is 19.4 Å². The molecule has 14 heavy (non-hydrogen) atoms. The van der Waals surface area contributed by atoms with Gasteiger partial charge in [-0.25, -0.2) is 4.98 Å². The summed E-state index contributed by atoms with van der Waals surface area (Å²) in [5.74, 6) is 0.905. The third kappa shape index (κ3) is 2.55. The molecule has 0 aromatic carbocycles. The highest BCUT2D eigenvalue weighted by Crippen LogP contribution is 2.33. The smallest absolute Gasteiger partial charge is 0.106 e. The molecular weight excluding hydrogens is 240 g/mol. The molecule has 1 aromatic rings. The number of aromatic nitrogens is 1. The van der Waals surface area contributed by atoms with Crippen molar-refractivity contribution in [2.45, 2.75) is 32.4 Å². The van der Waals surface area contributed by atoms with Crippen molar-refractivity contribution in [3.8, 4) is 0 Å². The van der Waals surface area contributed by atoms with Gasteiger partial charge in [0.25, 0.3) is 0 Å². The summed E-state index contributed by atoms with van der Waals surface area (Å²) in [7, 11) is 0. The zero-order valence-electron chi connectivity index (χ0n) is 8.33. The van der Waals surface area contributed by atoms with Crippen LogP contribution in [-0.2, 0) is 6.54 Å². The normalized spacial score (nSPS) is 25.0. The molecule has 0 radical (unpaired) electrons. The molecule has 1 fully saturated rings. The molecule has 3 heteroatoms. The van der Waals surface area contributed by atoms with Crippen LogP contribution in [-0.4, -0.2) is 11.0 Å². The van der Waals surface area contributed by atoms with Gasteiger partial charge in [0.1, 0.15) is 4.60 Å². The third-order valence-corrected chi connectivity index (χ3v) is 3.21. The molecule has 1 aliphatic carbocycles. The molecule has 1 N–H and O–H groups in total. The predicted octanol–water partition coefficient (Wildman–Crippen LogP) is 2.73. The fraction of sp³-hybridized carbons (Fsp3) is 0.545. The molecule has 0 amide bonds. The number of rotatable bonds is 4. The van der Waals surface area contributed by atoms with Crippen LogP contribution in [0.1, 0.15) is 25.5 Å². The number of halogens is 1. The van der Waals surface area contributed by atoms with Gasteiger partial charge < -0.3 is 5.32 Å². The van der Waals surface area contributed by atoms with Gasteiger partial charge in [-0.2, -0.15) is 0 Å². The van der Waals surface area contributed by atoms with E-state index in [4.69, 9.17) is 0 Å². The van der Waals surface area contributed by atoms with E-state index >= 15 is 0 Å². The van der Waals surface area contributed by atoms with Crippen LogP contribution in [0.5, 0.6) is 0 Å². The minimum absolute atomic E-state index is 0.737. The Balaban J connectivity index is 1.81. The molecule has 2 atom stereocenters. The number of nitrogens with zero attached hydrogens (tertiary/aromatic N) is 1. The highest BCUT2D eigenvalue weighted by Gasteiger charge is 2.34. The van der Waals surface area contributed by atoms with E-state index in [-0.39, 0.29) is 0 Å². The summed E-state index contributed by atoms with van der Waals surface area (Å²) in [4.78, 5) is 4.38. The van der Waals surface area contributed by atoms with E-state index in [0.717, 1.165) is 28.8 Å². The first-order valence-electron chi connectivity index (χ1n) is 5.14. The maximum Gasteiger partial charge on any atom is 0.106 e. The maximum absolute atomic E-state index is 4.38. The molecule has 1 aliphatic rings. The van der Waals surface area contributed by atoms with E-state index in [2.05, 4.69) is 39.2 Å². The van der Waals surface area contributed by atoms with Gasteiger partial charge in [0.15, 0.2) is 0 Å². The van der Waals surface area contributed by atoms with Crippen molar-refractivity contribution >= 4 is 15.9 Å². The average Bonchev–Trinajstić information content (AvgIpc) is 2.93. The zero-order chi connectivity index (χ0) is 9.97. The van der Waals surface area contributed by atoms with E-state index in [9.17, 15) is 0 Å². The largest absolute Gasteiger partial charge is 0.308 e. The quantitative estimate of drug-likeness (QED) is 0.837. The second-order valence-electron chi connectivity index (χ2n) is 3.84. The van der Waals surface area contributed by atoms with Crippen molar-refractivity contribution in [1.29, 1.82) is 0 Å². The van der Waals surface area contributed by atoms with Crippen LogP contribution in [0.4, 0.5) is 0 Å². The van der Waals surface area contributed by atoms with Gasteiger partial charge in [-0.15, -0.1) is 0 Å². The van der Waals surface area contributed by atoms with E-state index in [0.29, 0.717) is 0 Å². The van der Waals surface area contributed by atoms with Crippen LogP contribution in [0.15, 0.2) is 22.8 Å². The molecule has 2 rings (SSSR count). The molecule has 2 nitrogen and oxygen atoms in total. The van der Waals surface area contributed by atoms with Crippen molar-refractivity contribution in [1.82, 2.24) is 10.3 Å². The first-order valence-corrected chi connectivity index (χ1v) is 5.93. The second-order valence-corrected chi connectivity index (χ2v) is 4.66. The molecule has 1 aromatic heterocycles. The number of nitrogens with one attached hydrogen (secondary N) is 1. The molecule has 0 bridgehead atoms. The number of hydrogen-bond donors (Lipinski definition) is 1. The van der Waals surface area contributed by atoms with E-state index in [1.54, 1.807) is 0 Å². The van der Waals surface area contributed by atoms with Gasteiger partial charge >= 0.3 is 0 Å². The summed E-state index contributed by atoms with van der Waals surface area (Å²) >= 11 is 3.37. The number of pyridine rings is 1. The van der Waals surface area contributed by atoms with Gasteiger partial charge in [-0.3, -0.25) is 0 Å². The third-order valence-electron chi connectivity index (χ3n) is 2.77. The van der Waals surface area contributed by atoms with E-state index in [1.807, 2.05) is 12.1 Å². The Morgan fingerprint density at radius 3 is 3.07 bits per heavy atom. The van der Waals surface area contributed by atoms with Crippen LogP contribution < -0.4 is 5.32 Å². The summed E-state index contributed by atoms with van der Waals surface area (Å²) in [6, 6.07) is 6.77. The van der Waals surface area contributed by atoms with Crippen LogP contribution >= 0.6 is 15.9 Å². The van der Waals surface area contributed by atoms with Crippen LogP contribution in [0.25, 0.3) is 0 Å². The average molecular weight is 255 g/mol. The summed E-state index contributed by atoms with van der Waals surface area (Å²) in [6.07, 6.45) is 2.63. The second kappa shape index (κ2) is 4.41. The van der Waals surface area contributed by atoms with Gasteiger partial charge in [0.2, 0.25) is 0 Å².